The molecule has 21 heavy (non-hydrogen) atoms. The summed E-state index contributed by atoms with van der Waals surface area (Å²) < 4.78 is 7.56. The molecule has 0 N–H and O–H groups in total. The molecule has 0 atom stereocenters. The van der Waals surface area contributed by atoms with Crippen molar-refractivity contribution in [2.75, 3.05) is 7.11 Å². The normalized spacial score (nSPS) is 17.9. The van der Waals surface area contributed by atoms with E-state index < -0.39 is 5.60 Å². The zero-order chi connectivity index (χ0) is 14.9. The van der Waals surface area contributed by atoms with Crippen molar-refractivity contribution in [2.24, 2.45) is 7.05 Å². The largest absolute Gasteiger partial charge is 0.370 e. The maximum absolute atomic E-state index is 6.21. The van der Waals surface area contributed by atoms with Crippen LogP contribution in [0.1, 0.15) is 37.9 Å². The number of hydrogen-bond acceptors (Lipinski definition) is 4. The van der Waals surface area contributed by atoms with E-state index >= 15 is 0 Å². The molecule has 0 bridgehead atoms. The van der Waals surface area contributed by atoms with Gasteiger partial charge in [-0.2, -0.15) is 5.10 Å². The fourth-order valence-corrected chi connectivity index (χ4v) is 3.15. The van der Waals surface area contributed by atoms with Crippen LogP contribution in [0.15, 0.2) is 18.5 Å². The highest BCUT2D eigenvalue weighted by Gasteiger charge is 2.37. The highest BCUT2D eigenvalue weighted by molar-refractivity contribution is 6.29. The van der Waals surface area contributed by atoms with Crippen LogP contribution in [-0.2, 0) is 17.4 Å². The highest BCUT2D eigenvalue weighted by Crippen LogP contribution is 2.39. The molecule has 1 saturated carbocycles. The second-order valence-electron chi connectivity index (χ2n) is 5.56. The Labute approximate surface area is 129 Å². The summed E-state index contributed by atoms with van der Waals surface area (Å²) in [7, 11) is 3.62. The number of hydrogen-bond donors (Lipinski definition) is 0. The fraction of sp³-hybridized carbons (Fsp3) is 0.533. The second-order valence-corrected chi connectivity index (χ2v) is 5.95. The number of ether oxygens (including phenoxy) is 1. The van der Waals surface area contributed by atoms with Crippen LogP contribution in [0.5, 0.6) is 0 Å². The molecule has 0 saturated heterocycles. The lowest BCUT2D eigenvalue weighted by Gasteiger charge is -2.34. The summed E-state index contributed by atoms with van der Waals surface area (Å²) in [6.07, 6.45) is 9.08. The Hall–Kier alpha value is -1.46. The van der Waals surface area contributed by atoms with Gasteiger partial charge in [0.1, 0.15) is 10.8 Å². The van der Waals surface area contributed by atoms with Gasteiger partial charge in [0.25, 0.3) is 0 Å². The maximum Gasteiger partial charge on any atom is 0.162 e. The zero-order valence-electron chi connectivity index (χ0n) is 12.3. The number of aryl methyl sites for hydroxylation is 1. The van der Waals surface area contributed by atoms with Crippen molar-refractivity contribution in [3.05, 3.63) is 29.4 Å². The standard InChI is InChI=1S/C15H19ClN4O/c1-20-10-11(9-17-20)12-8-13(16)19-14(18-12)15(21-2)6-4-3-5-7-15/h8-10H,3-7H2,1-2H3. The van der Waals surface area contributed by atoms with Crippen LogP contribution in [0.2, 0.25) is 5.15 Å². The van der Waals surface area contributed by atoms with Gasteiger partial charge in [0.05, 0.1) is 11.9 Å². The van der Waals surface area contributed by atoms with Crippen LogP contribution in [0.3, 0.4) is 0 Å². The first kappa shape index (κ1) is 14.5. The Morgan fingerprint density at radius 3 is 2.62 bits per heavy atom. The molecule has 0 unspecified atom stereocenters. The van der Waals surface area contributed by atoms with Crippen molar-refractivity contribution < 1.29 is 4.74 Å². The minimum absolute atomic E-state index is 0.403. The van der Waals surface area contributed by atoms with Gasteiger partial charge in [-0.05, 0) is 12.8 Å². The molecule has 2 aromatic heterocycles. The molecule has 6 heteroatoms. The average Bonchev–Trinajstić information content (AvgIpc) is 2.94. The van der Waals surface area contributed by atoms with E-state index in [2.05, 4.69) is 10.1 Å². The minimum atomic E-state index is -0.403. The summed E-state index contributed by atoms with van der Waals surface area (Å²) >= 11 is 6.21. The van der Waals surface area contributed by atoms with Crippen molar-refractivity contribution in [1.82, 2.24) is 19.7 Å². The first-order valence-corrected chi connectivity index (χ1v) is 7.60. The van der Waals surface area contributed by atoms with Crippen LogP contribution in [0, 0.1) is 0 Å². The monoisotopic (exact) mass is 306 g/mol. The van der Waals surface area contributed by atoms with Crippen molar-refractivity contribution >= 4 is 11.6 Å². The van der Waals surface area contributed by atoms with Crippen molar-refractivity contribution in [3.63, 3.8) is 0 Å². The van der Waals surface area contributed by atoms with Crippen LogP contribution in [0.25, 0.3) is 11.3 Å². The van der Waals surface area contributed by atoms with Crippen LogP contribution >= 0.6 is 11.6 Å². The van der Waals surface area contributed by atoms with E-state index in [4.69, 9.17) is 21.3 Å². The Balaban J connectivity index is 2.04. The third-order valence-electron chi connectivity index (χ3n) is 4.16. The maximum atomic E-state index is 6.21. The van der Waals surface area contributed by atoms with Crippen LogP contribution < -0.4 is 0 Å². The number of nitrogens with zero attached hydrogens (tertiary/aromatic N) is 4. The Morgan fingerprint density at radius 1 is 1.24 bits per heavy atom. The second kappa shape index (κ2) is 5.73. The van der Waals surface area contributed by atoms with Crippen molar-refractivity contribution in [1.29, 1.82) is 0 Å². The van der Waals surface area contributed by atoms with E-state index in [0.29, 0.717) is 11.0 Å². The fourth-order valence-electron chi connectivity index (χ4n) is 2.96. The molecule has 112 valence electrons. The van der Waals surface area contributed by atoms with Gasteiger partial charge >= 0.3 is 0 Å². The lowest BCUT2D eigenvalue weighted by Crippen LogP contribution is -2.33. The van der Waals surface area contributed by atoms with Crippen LogP contribution in [-0.4, -0.2) is 26.9 Å². The molecule has 5 nitrogen and oxygen atoms in total. The Kier molecular flexibility index (Phi) is 3.95. The molecule has 1 aliphatic carbocycles. The molecule has 0 aliphatic heterocycles. The first-order valence-electron chi connectivity index (χ1n) is 7.22. The third kappa shape index (κ3) is 2.80. The van der Waals surface area contributed by atoms with Crippen LogP contribution in [0.4, 0.5) is 0 Å². The van der Waals surface area contributed by atoms with Gasteiger partial charge in [-0.1, -0.05) is 30.9 Å². The first-order chi connectivity index (χ1) is 10.1. The van der Waals surface area contributed by atoms with E-state index in [9.17, 15) is 0 Å². The third-order valence-corrected chi connectivity index (χ3v) is 4.35. The van der Waals surface area contributed by atoms with Gasteiger partial charge in [0.15, 0.2) is 5.82 Å². The molecule has 3 rings (SSSR count). The number of methoxy groups -OCH3 is 1. The smallest absolute Gasteiger partial charge is 0.162 e. The lowest BCUT2D eigenvalue weighted by molar-refractivity contribution is -0.0514. The minimum Gasteiger partial charge on any atom is -0.370 e. The molecule has 0 amide bonds. The molecule has 0 spiro atoms. The summed E-state index contributed by atoms with van der Waals surface area (Å²) in [4.78, 5) is 9.14. The van der Waals surface area contributed by atoms with E-state index in [1.807, 2.05) is 13.2 Å². The van der Waals surface area contributed by atoms with E-state index in [0.717, 1.165) is 36.9 Å². The summed E-state index contributed by atoms with van der Waals surface area (Å²) in [5.74, 6) is 0.691. The van der Waals surface area contributed by atoms with Gasteiger partial charge in [0.2, 0.25) is 0 Å². The average molecular weight is 307 g/mol. The number of rotatable bonds is 3. The SMILES string of the molecule is COC1(c2nc(Cl)cc(-c3cnn(C)c3)n2)CCCCC1. The molecule has 0 aromatic carbocycles. The molecule has 2 heterocycles. The highest BCUT2D eigenvalue weighted by atomic mass is 35.5. The topological polar surface area (TPSA) is 52.8 Å². The van der Waals surface area contributed by atoms with E-state index in [1.165, 1.54) is 6.42 Å². The molecule has 2 aromatic rings. The Bertz CT molecular complexity index is 634. The summed E-state index contributed by atoms with van der Waals surface area (Å²) in [6, 6.07) is 1.77. The van der Waals surface area contributed by atoms with Gasteiger partial charge in [-0.15, -0.1) is 0 Å². The van der Waals surface area contributed by atoms with Gasteiger partial charge < -0.3 is 4.74 Å². The lowest BCUT2D eigenvalue weighted by atomic mass is 9.84. The molecule has 0 radical (unpaired) electrons. The predicted octanol–water partition coefficient (Wildman–Crippen LogP) is 3.34. The summed E-state index contributed by atoms with van der Waals surface area (Å²) in [5.41, 5.74) is 1.32. The van der Waals surface area contributed by atoms with Gasteiger partial charge in [-0.3, -0.25) is 4.68 Å². The molecular weight excluding hydrogens is 288 g/mol. The molecular formula is C15H19ClN4O. The number of aromatic nitrogens is 4. The number of halogens is 1. The summed E-state index contributed by atoms with van der Waals surface area (Å²) in [5, 5.41) is 4.63. The van der Waals surface area contributed by atoms with Gasteiger partial charge in [-0.25, -0.2) is 9.97 Å². The van der Waals surface area contributed by atoms with Crippen molar-refractivity contribution in [3.8, 4) is 11.3 Å². The van der Waals surface area contributed by atoms with Crippen molar-refractivity contribution in [2.45, 2.75) is 37.7 Å². The van der Waals surface area contributed by atoms with E-state index in [1.54, 1.807) is 24.1 Å². The molecule has 1 aliphatic rings. The summed E-state index contributed by atoms with van der Waals surface area (Å²) in [6.45, 7) is 0. The molecule has 1 fully saturated rings. The predicted molar refractivity (Wildman–Crippen MR) is 81.0 cm³/mol. The van der Waals surface area contributed by atoms with Gasteiger partial charge in [0, 0.05) is 32.0 Å². The quantitative estimate of drug-likeness (QED) is 0.816. The van der Waals surface area contributed by atoms with E-state index in [-0.39, 0.29) is 0 Å². The zero-order valence-corrected chi connectivity index (χ0v) is 13.1. The Morgan fingerprint density at radius 2 is 2.00 bits per heavy atom.